The first kappa shape index (κ1) is 5.15. The molecule has 0 aliphatic carbocycles. The molecule has 1 aliphatic rings. The van der Waals surface area contributed by atoms with E-state index in [1.54, 1.807) is 5.37 Å². The van der Waals surface area contributed by atoms with Gasteiger partial charge in [0.25, 0.3) is 0 Å². The van der Waals surface area contributed by atoms with Gasteiger partial charge in [-0.3, -0.25) is 10.6 Å². The van der Waals surface area contributed by atoms with Crippen molar-refractivity contribution in [2.45, 2.75) is 6.17 Å². The van der Waals surface area contributed by atoms with E-state index in [2.05, 4.69) is 22.9 Å². The van der Waals surface area contributed by atoms with Crippen LogP contribution in [-0.2, 0) is 0 Å². The number of hydrogen-bond acceptors (Lipinski definition) is 3. The summed E-state index contributed by atoms with van der Waals surface area (Å²) in [6.45, 7) is 2.08. The second-order valence-electron chi connectivity index (χ2n) is 1.52. The smallest absolute Gasteiger partial charge is 0.0869 e. The van der Waals surface area contributed by atoms with Crippen molar-refractivity contribution in [2.24, 2.45) is 0 Å². The highest BCUT2D eigenvalue weighted by molar-refractivity contribution is 7.79. The molecule has 1 rings (SSSR count). The molecular weight excluding hydrogens is 108 g/mol. The van der Waals surface area contributed by atoms with Crippen molar-refractivity contribution in [1.29, 1.82) is 0 Å². The maximum absolute atomic E-state index is 4.66. The van der Waals surface area contributed by atoms with Crippen LogP contribution in [0.5, 0.6) is 0 Å². The average molecular weight is 116 g/mol. The molecule has 0 aromatic heterocycles. The summed E-state index contributed by atoms with van der Waals surface area (Å²) >= 11 is 4.66. The van der Waals surface area contributed by atoms with Crippen LogP contribution in [0.15, 0.2) is 0 Å². The van der Waals surface area contributed by atoms with Crippen LogP contribution in [0.3, 0.4) is 0 Å². The Bertz CT molecular complexity index is 68.1. The predicted molar refractivity (Wildman–Crippen MR) is 33.4 cm³/mol. The van der Waals surface area contributed by atoms with Gasteiger partial charge in [0.1, 0.15) is 0 Å². The molecule has 1 saturated heterocycles. The van der Waals surface area contributed by atoms with Crippen LogP contribution in [0.2, 0.25) is 0 Å². The van der Waals surface area contributed by atoms with Crippen molar-refractivity contribution in [2.75, 3.05) is 13.1 Å². The lowest BCUT2D eigenvalue weighted by molar-refractivity contribution is 0.718. The Labute approximate surface area is 48.3 Å². The molecule has 1 heterocycles. The van der Waals surface area contributed by atoms with Crippen molar-refractivity contribution < 1.29 is 0 Å². The van der Waals surface area contributed by atoms with Gasteiger partial charge < -0.3 is 0 Å². The fourth-order valence-corrected chi connectivity index (χ4v) is 0.816. The second kappa shape index (κ2) is 2.35. The molecule has 2 N–H and O–H groups in total. The van der Waals surface area contributed by atoms with Crippen LogP contribution in [0, 0.1) is 0 Å². The normalized spacial score (nSPS) is 22.9. The van der Waals surface area contributed by atoms with Crippen molar-refractivity contribution in [3.8, 4) is 0 Å². The van der Waals surface area contributed by atoms with E-state index in [1.807, 2.05) is 0 Å². The van der Waals surface area contributed by atoms with Gasteiger partial charge in [-0.1, -0.05) is 12.2 Å². The molecule has 1 aliphatic heterocycles. The zero-order valence-corrected chi connectivity index (χ0v) is 4.79. The van der Waals surface area contributed by atoms with E-state index in [0.717, 1.165) is 13.1 Å². The van der Waals surface area contributed by atoms with E-state index >= 15 is 0 Å². The average Bonchev–Trinajstić information content (AvgIpc) is 2.14. The summed E-state index contributed by atoms with van der Waals surface area (Å²) in [5.41, 5.74) is 0. The van der Waals surface area contributed by atoms with Crippen molar-refractivity contribution in [1.82, 2.24) is 10.6 Å². The van der Waals surface area contributed by atoms with Crippen molar-refractivity contribution in [3.63, 3.8) is 0 Å². The highest BCUT2D eigenvalue weighted by Gasteiger charge is 2.06. The van der Waals surface area contributed by atoms with E-state index in [4.69, 9.17) is 0 Å². The third-order valence-corrected chi connectivity index (χ3v) is 1.26. The zero-order valence-electron chi connectivity index (χ0n) is 3.98. The van der Waals surface area contributed by atoms with Gasteiger partial charge in [0.15, 0.2) is 0 Å². The number of thiocarbonyl (C=S) groups is 1. The second-order valence-corrected chi connectivity index (χ2v) is 1.79. The molecule has 3 heteroatoms. The Hall–Kier alpha value is 0.0100. The molecule has 1 fully saturated rings. The Morgan fingerprint density at radius 3 is 2.29 bits per heavy atom. The molecule has 0 unspecified atom stereocenters. The van der Waals surface area contributed by atoms with E-state index in [9.17, 15) is 0 Å². The summed E-state index contributed by atoms with van der Waals surface area (Å²) in [4.78, 5) is 0. The summed E-state index contributed by atoms with van der Waals surface area (Å²) in [5, 5.41) is 7.97. The van der Waals surface area contributed by atoms with Crippen LogP contribution in [0.25, 0.3) is 0 Å². The lowest BCUT2D eigenvalue weighted by Crippen LogP contribution is -2.31. The molecule has 0 aromatic carbocycles. The van der Waals surface area contributed by atoms with Crippen molar-refractivity contribution >= 4 is 17.6 Å². The molecule has 0 radical (unpaired) electrons. The Kier molecular flexibility index (Phi) is 1.73. The highest BCUT2D eigenvalue weighted by Crippen LogP contribution is 1.78. The molecule has 0 spiro atoms. The minimum Gasteiger partial charge on any atom is -0.297 e. The number of rotatable bonds is 1. The number of hydrogen-bond donors (Lipinski definition) is 2. The van der Waals surface area contributed by atoms with Crippen LogP contribution in [0.1, 0.15) is 0 Å². The molecule has 40 valence electrons. The highest BCUT2D eigenvalue weighted by atomic mass is 32.1. The monoisotopic (exact) mass is 116 g/mol. The molecule has 0 aromatic rings. The molecule has 0 atom stereocenters. The molecule has 0 amide bonds. The lowest BCUT2D eigenvalue weighted by Gasteiger charge is -1.98. The van der Waals surface area contributed by atoms with E-state index in [1.165, 1.54) is 0 Å². The summed E-state index contributed by atoms with van der Waals surface area (Å²) in [6, 6.07) is 0. The third-order valence-electron chi connectivity index (χ3n) is 0.990. The Morgan fingerprint density at radius 2 is 2.00 bits per heavy atom. The largest absolute Gasteiger partial charge is 0.297 e. The van der Waals surface area contributed by atoms with E-state index in [0.29, 0.717) is 0 Å². The van der Waals surface area contributed by atoms with Gasteiger partial charge in [0.2, 0.25) is 0 Å². The summed E-state index contributed by atoms with van der Waals surface area (Å²) in [6.07, 6.45) is 0.287. The molecule has 0 saturated carbocycles. The van der Waals surface area contributed by atoms with Gasteiger partial charge >= 0.3 is 0 Å². The minimum absolute atomic E-state index is 0.287. The first-order chi connectivity index (χ1) is 3.43. The Morgan fingerprint density at radius 1 is 1.43 bits per heavy atom. The Balaban J connectivity index is 2.26. The van der Waals surface area contributed by atoms with Gasteiger partial charge in [-0.2, -0.15) is 0 Å². The van der Waals surface area contributed by atoms with Crippen LogP contribution in [-0.4, -0.2) is 24.6 Å². The van der Waals surface area contributed by atoms with Crippen molar-refractivity contribution in [3.05, 3.63) is 0 Å². The SMILES string of the molecule is S=CC1NCCN1. The number of nitrogens with one attached hydrogen (secondary N) is 2. The van der Waals surface area contributed by atoms with Gasteiger partial charge in [0, 0.05) is 18.5 Å². The van der Waals surface area contributed by atoms with Crippen LogP contribution in [0.4, 0.5) is 0 Å². The van der Waals surface area contributed by atoms with Gasteiger partial charge in [-0.05, 0) is 0 Å². The quantitative estimate of drug-likeness (QED) is 0.452. The minimum atomic E-state index is 0.287. The molecule has 2 nitrogen and oxygen atoms in total. The first-order valence-corrected chi connectivity index (χ1v) is 2.82. The predicted octanol–water partition coefficient (Wildman–Crippen LogP) is -0.495. The molecule has 7 heavy (non-hydrogen) atoms. The fourth-order valence-electron chi connectivity index (χ4n) is 0.624. The zero-order chi connectivity index (χ0) is 5.11. The summed E-state index contributed by atoms with van der Waals surface area (Å²) < 4.78 is 0. The maximum Gasteiger partial charge on any atom is 0.0869 e. The lowest BCUT2D eigenvalue weighted by atomic mass is 10.6. The summed E-state index contributed by atoms with van der Waals surface area (Å²) in [7, 11) is 0. The van der Waals surface area contributed by atoms with Crippen LogP contribution < -0.4 is 10.6 Å². The van der Waals surface area contributed by atoms with Gasteiger partial charge in [-0.25, -0.2) is 0 Å². The third kappa shape index (κ3) is 1.19. The summed E-state index contributed by atoms with van der Waals surface area (Å²) in [5.74, 6) is 0. The first-order valence-electron chi connectivity index (χ1n) is 2.35. The standard InChI is InChI=1S/C4H8N2S/c7-3-4-5-1-2-6-4/h3-6H,1-2H2. The van der Waals surface area contributed by atoms with E-state index in [-0.39, 0.29) is 6.17 Å². The van der Waals surface area contributed by atoms with Gasteiger partial charge in [0.05, 0.1) is 6.17 Å². The maximum atomic E-state index is 4.66. The van der Waals surface area contributed by atoms with E-state index < -0.39 is 0 Å². The van der Waals surface area contributed by atoms with Gasteiger partial charge in [-0.15, -0.1) is 0 Å². The fraction of sp³-hybridized carbons (Fsp3) is 0.750. The molecule has 0 bridgehead atoms. The topological polar surface area (TPSA) is 24.1 Å². The molecular formula is C4H8N2S. The van der Waals surface area contributed by atoms with Crippen LogP contribution >= 0.6 is 12.2 Å².